The van der Waals surface area contributed by atoms with Crippen LogP contribution in [-0.2, 0) is 0 Å². The predicted molar refractivity (Wildman–Crippen MR) is 78.9 cm³/mol. The predicted octanol–water partition coefficient (Wildman–Crippen LogP) is 3.87. The van der Waals surface area contributed by atoms with E-state index in [0.717, 1.165) is 0 Å². The molecule has 100 valence electrons. The van der Waals surface area contributed by atoms with Crippen molar-refractivity contribution in [3.8, 4) is 0 Å². The molecule has 2 heteroatoms. The van der Waals surface area contributed by atoms with Gasteiger partial charge in [-0.15, -0.1) is 0 Å². The number of hydrogen-bond donors (Lipinski definition) is 1. The van der Waals surface area contributed by atoms with Crippen molar-refractivity contribution in [2.24, 2.45) is 5.73 Å². The van der Waals surface area contributed by atoms with Crippen LogP contribution in [0.1, 0.15) is 57.1 Å². The van der Waals surface area contributed by atoms with E-state index in [1.807, 2.05) is 6.92 Å². The summed E-state index contributed by atoms with van der Waals surface area (Å²) in [6.45, 7) is 2.03. The second kappa shape index (κ2) is 6.24. The minimum atomic E-state index is 0.127. The Morgan fingerprint density at radius 3 is 2.11 bits per heavy atom. The molecule has 0 radical (unpaired) electrons. The lowest BCUT2D eigenvalue weighted by atomic mass is 10.1. The minimum absolute atomic E-state index is 0.127. The van der Waals surface area contributed by atoms with Gasteiger partial charge in [0, 0.05) is 24.8 Å². The van der Waals surface area contributed by atoms with Crippen molar-refractivity contribution in [3.63, 3.8) is 0 Å². The normalized spacial score (nSPS) is 19.3. The Balaban J connectivity index is 2.05. The summed E-state index contributed by atoms with van der Waals surface area (Å²) in [7, 11) is 2.23. The van der Waals surface area contributed by atoms with Gasteiger partial charge < -0.3 is 10.6 Å². The van der Waals surface area contributed by atoms with Gasteiger partial charge in [0.05, 0.1) is 0 Å². The average Bonchev–Trinajstić information content (AvgIpc) is 2.67. The first-order valence-corrected chi connectivity index (χ1v) is 7.27. The molecule has 1 saturated carbocycles. The zero-order valence-corrected chi connectivity index (χ0v) is 11.7. The Hall–Kier alpha value is -1.02. The zero-order chi connectivity index (χ0) is 13.0. The summed E-state index contributed by atoms with van der Waals surface area (Å²) >= 11 is 0. The van der Waals surface area contributed by atoms with Crippen LogP contribution in [0.25, 0.3) is 0 Å². The second-order valence-electron chi connectivity index (χ2n) is 5.64. The molecule has 1 atom stereocenters. The third-order valence-electron chi connectivity index (χ3n) is 4.20. The van der Waals surface area contributed by atoms with Gasteiger partial charge >= 0.3 is 0 Å². The van der Waals surface area contributed by atoms with Crippen LogP contribution in [0.2, 0.25) is 0 Å². The number of anilines is 1. The van der Waals surface area contributed by atoms with Gasteiger partial charge in [-0.3, -0.25) is 0 Å². The highest BCUT2D eigenvalue weighted by Crippen LogP contribution is 2.26. The van der Waals surface area contributed by atoms with Crippen molar-refractivity contribution in [2.75, 3.05) is 11.9 Å². The van der Waals surface area contributed by atoms with Crippen molar-refractivity contribution in [1.29, 1.82) is 0 Å². The van der Waals surface area contributed by atoms with Gasteiger partial charge in [0.15, 0.2) is 0 Å². The van der Waals surface area contributed by atoms with Crippen LogP contribution in [0, 0.1) is 0 Å². The van der Waals surface area contributed by atoms with Crippen LogP contribution in [0.4, 0.5) is 5.69 Å². The summed E-state index contributed by atoms with van der Waals surface area (Å²) in [5.41, 5.74) is 8.43. The van der Waals surface area contributed by atoms with E-state index in [1.165, 1.54) is 49.8 Å². The first-order chi connectivity index (χ1) is 8.68. The van der Waals surface area contributed by atoms with Gasteiger partial charge in [-0.2, -0.15) is 0 Å². The lowest BCUT2D eigenvalue weighted by Gasteiger charge is -2.29. The maximum atomic E-state index is 5.89. The maximum absolute atomic E-state index is 5.89. The van der Waals surface area contributed by atoms with E-state index in [1.54, 1.807) is 0 Å². The van der Waals surface area contributed by atoms with Gasteiger partial charge in [-0.25, -0.2) is 0 Å². The smallest absolute Gasteiger partial charge is 0.0366 e. The molecule has 0 amide bonds. The first kappa shape index (κ1) is 13.4. The molecule has 0 bridgehead atoms. The molecule has 0 saturated heterocycles. The van der Waals surface area contributed by atoms with Crippen LogP contribution in [0.5, 0.6) is 0 Å². The summed E-state index contributed by atoms with van der Waals surface area (Å²) in [5.74, 6) is 0. The lowest BCUT2D eigenvalue weighted by molar-refractivity contribution is 0.553. The van der Waals surface area contributed by atoms with Crippen LogP contribution >= 0.6 is 0 Å². The van der Waals surface area contributed by atoms with Crippen molar-refractivity contribution in [3.05, 3.63) is 29.8 Å². The molecule has 1 aromatic rings. The van der Waals surface area contributed by atoms with Crippen molar-refractivity contribution < 1.29 is 0 Å². The molecule has 1 aliphatic carbocycles. The fraction of sp³-hybridized carbons (Fsp3) is 0.625. The Bertz CT molecular complexity index is 348. The summed E-state index contributed by atoms with van der Waals surface area (Å²) in [6.07, 6.45) is 8.26. The highest BCUT2D eigenvalue weighted by molar-refractivity contribution is 5.48. The number of hydrogen-bond acceptors (Lipinski definition) is 2. The number of nitrogens with two attached hydrogens (primary N) is 1. The van der Waals surface area contributed by atoms with E-state index >= 15 is 0 Å². The Kier molecular flexibility index (Phi) is 4.65. The SMILES string of the molecule is CC(N)c1ccc(N(C)C2CCCCCC2)cc1. The molecule has 1 aliphatic rings. The minimum Gasteiger partial charge on any atom is -0.372 e. The molecule has 1 aromatic carbocycles. The van der Waals surface area contributed by atoms with Crippen molar-refractivity contribution in [1.82, 2.24) is 0 Å². The maximum Gasteiger partial charge on any atom is 0.0366 e. The summed E-state index contributed by atoms with van der Waals surface area (Å²) in [4.78, 5) is 2.45. The monoisotopic (exact) mass is 246 g/mol. The molecule has 1 unspecified atom stereocenters. The summed E-state index contributed by atoms with van der Waals surface area (Å²) < 4.78 is 0. The molecule has 2 rings (SSSR count). The lowest BCUT2D eigenvalue weighted by Crippen LogP contribution is -2.31. The van der Waals surface area contributed by atoms with E-state index < -0.39 is 0 Å². The quantitative estimate of drug-likeness (QED) is 0.820. The van der Waals surface area contributed by atoms with Crippen LogP contribution in [0.15, 0.2) is 24.3 Å². The van der Waals surface area contributed by atoms with E-state index in [-0.39, 0.29) is 6.04 Å². The molecule has 0 aliphatic heterocycles. The summed E-state index contributed by atoms with van der Waals surface area (Å²) in [5, 5.41) is 0. The van der Waals surface area contributed by atoms with E-state index in [4.69, 9.17) is 5.73 Å². The molecule has 2 nitrogen and oxygen atoms in total. The molecule has 0 aromatic heterocycles. The van der Waals surface area contributed by atoms with E-state index in [2.05, 4.69) is 36.2 Å². The number of rotatable bonds is 3. The largest absolute Gasteiger partial charge is 0.372 e. The van der Waals surface area contributed by atoms with E-state index in [9.17, 15) is 0 Å². The van der Waals surface area contributed by atoms with Crippen molar-refractivity contribution >= 4 is 5.69 Å². The third-order valence-corrected chi connectivity index (χ3v) is 4.20. The van der Waals surface area contributed by atoms with Gasteiger partial charge in [0.1, 0.15) is 0 Å². The zero-order valence-electron chi connectivity index (χ0n) is 11.7. The molecular formula is C16H26N2. The van der Waals surface area contributed by atoms with Crippen molar-refractivity contribution in [2.45, 2.75) is 57.5 Å². The van der Waals surface area contributed by atoms with Gasteiger partial charge in [0.25, 0.3) is 0 Å². The standard InChI is InChI=1S/C16H26N2/c1-13(17)14-9-11-16(12-10-14)18(2)15-7-5-3-4-6-8-15/h9-13,15H,3-8,17H2,1-2H3. The first-order valence-electron chi connectivity index (χ1n) is 7.27. The molecule has 18 heavy (non-hydrogen) atoms. The second-order valence-corrected chi connectivity index (χ2v) is 5.64. The fourth-order valence-corrected chi connectivity index (χ4v) is 2.87. The van der Waals surface area contributed by atoms with Gasteiger partial charge in [0.2, 0.25) is 0 Å². The molecule has 0 spiro atoms. The van der Waals surface area contributed by atoms with Crippen LogP contribution < -0.4 is 10.6 Å². The van der Waals surface area contributed by atoms with Crippen LogP contribution in [-0.4, -0.2) is 13.1 Å². The molecule has 0 heterocycles. The molecule has 2 N–H and O–H groups in total. The number of benzene rings is 1. The number of nitrogens with zero attached hydrogens (tertiary/aromatic N) is 1. The van der Waals surface area contributed by atoms with Gasteiger partial charge in [-0.05, 0) is 37.5 Å². The average molecular weight is 246 g/mol. The summed E-state index contributed by atoms with van der Waals surface area (Å²) in [6, 6.07) is 9.59. The molecular weight excluding hydrogens is 220 g/mol. The highest BCUT2D eigenvalue weighted by atomic mass is 15.1. The Labute approximate surface area is 111 Å². The van der Waals surface area contributed by atoms with Crippen LogP contribution in [0.3, 0.4) is 0 Å². The highest BCUT2D eigenvalue weighted by Gasteiger charge is 2.17. The third kappa shape index (κ3) is 3.26. The van der Waals surface area contributed by atoms with E-state index in [0.29, 0.717) is 6.04 Å². The Morgan fingerprint density at radius 2 is 1.61 bits per heavy atom. The fourth-order valence-electron chi connectivity index (χ4n) is 2.87. The topological polar surface area (TPSA) is 29.3 Å². The Morgan fingerprint density at radius 1 is 1.06 bits per heavy atom. The van der Waals surface area contributed by atoms with Gasteiger partial charge in [-0.1, -0.05) is 37.8 Å². The molecule has 1 fully saturated rings.